The van der Waals surface area contributed by atoms with Crippen molar-refractivity contribution in [3.05, 3.63) is 64.5 Å². The molecule has 156 valence electrons. The van der Waals surface area contributed by atoms with Gasteiger partial charge in [-0.3, -0.25) is 14.2 Å². The molecule has 2 aromatic carbocycles. The van der Waals surface area contributed by atoms with Crippen LogP contribution in [0, 0.1) is 32.4 Å². The van der Waals surface area contributed by atoms with Crippen molar-refractivity contribution in [3.8, 4) is 5.69 Å². The van der Waals surface area contributed by atoms with Crippen LogP contribution in [0.2, 0.25) is 0 Å². The van der Waals surface area contributed by atoms with Crippen molar-refractivity contribution >= 4 is 29.3 Å². The van der Waals surface area contributed by atoms with E-state index in [0.29, 0.717) is 17.0 Å². The highest BCUT2D eigenvalue weighted by molar-refractivity contribution is 7.99. The molecule has 7 nitrogen and oxygen atoms in total. The van der Waals surface area contributed by atoms with Crippen molar-refractivity contribution < 1.29 is 18.4 Å². The molecule has 0 aliphatic rings. The van der Waals surface area contributed by atoms with Gasteiger partial charge in [0.25, 0.3) is 5.91 Å². The molecule has 3 aromatic rings. The Morgan fingerprint density at radius 2 is 1.83 bits per heavy atom. The second-order valence-electron chi connectivity index (χ2n) is 6.67. The number of thioether (sulfide) groups is 1. The second-order valence-corrected chi connectivity index (χ2v) is 7.61. The number of aromatic nitrogens is 3. The van der Waals surface area contributed by atoms with Crippen LogP contribution in [-0.2, 0) is 4.79 Å². The molecule has 3 rings (SSSR count). The van der Waals surface area contributed by atoms with E-state index in [1.165, 1.54) is 0 Å². The molecule has 0 aliphatic heterocycles. The summed E-state index contributed by atoms with van der Waals surface area (Å²) in [4.78, 5) is 23.5. The summed E-state index contributed by atoms with van der Waals surface area (Å²) < 4.78 is 29.4. The number of hydrogen-bond donors (Lipinski definition) is 2. The highest BCUT2D eigenvalue weighted by Gasteiger charge is 2.18. The molecule has 0 unspecified atom stereocenters. The molecule has 0 spiro atoms. The van der Waals surface area contributed by atoms with Crippen molar-refractivity contribution in [1.82, 2.24) is 14.8 Å². The Morgan fingerprint density at radius 1 is 1.10 bits per heavy atom. The molecule has 3 N–H and O–H groups in total. The number of nitrogens with one attached hydrogen (secondary N) is 1. The van der Waals surface area contributed by atoms with Gasteiger partial charge in [-0.1, -0.05) is 23.9 Å². The van der Waals surface area contributed by atoms with Crippen LogP contribution in [0.3, 0.4) is 0 Å². The van der Waals surface area contributed by atoms with Crippen LogP contribution in [0.4, 0.5) is 14.5 Å². The van der Waals surface area contributed by atoms with Gasteiger partial charge < -0.3 is 11.1 Å². The molecule has 0 fully saturated rings. The lowest BCUT2D eigenvalue weighted by Crippen LogP contribution is -2.18. The van der Waals surface area contributed by atoms with Gasteiger partial charge in [0.2, 0.25) is 5.91 Å². The number of nitrogens with zero attached hydrogens (tertiary/aromatic N) is 3. The lowest BCUT2D eigenvalue weighted by Gasteiger charge is -2.12. The molecule has 0 atom stereocenters. The molecule has 0 aliphatic carbocycles. The summed E-state index contributed by atoms with van der Waals surface area (Å²) in [6.07, 6.45) is 0. The van der Waals surface area contributed by atoms with Gasteiger partial charge >= 0.3 is 0 Å². The maximum absolute atomic E-state index is 13.9. The van der Waals surface area contributed by atoms with Crippen LogP contribution < -0.4 is 11.1 Å². The predicted octanol–water partition coefficient (Wildman–Crippen LogP) is 3.30. The monoisotopic (exact) mass is 431 g/mol. The molecule has 0 saturated heterocycles. The van der Waals surface area contributed by atoms with Gasteiger partial charge in [-0.05, 0) is 44.0 Å². The summed E-state index contributed by atoms with van der Waals surface area (Å²) in [5.74, 6) is -3.17. The summed E-state index contributed by atoms with van der Waals surface area (Å²) in [6, 6.07) is 7.35. The fraction of sp³-hybridized carbons (Fsp3) is 0.200. The zero-order chi connectivity index (χ0) is 22.0. The van der Waals surface area contributed by atoms with Crippen LogP contribution in [-0.4, -0.2) is 32.3 Å². The smallest absolute Gasteiger partial charge is 0.251 e. The molecule has 30 heavy (non-hydrogen) atoms. The van der Waals surface area contributed by atoms with E-state index in [2.05, 4.69) is 15.5 Å². The first-order chi connectivity index (χ1) is 14.2. The number of carbonyl (C=O) groups is 2. The Bertz CT molecular complexity index is 1150. The van der Waals surface area contributed by atoms with Crippen molar-refractivity contribution in [2.24, 2.45) is 5.73 Å². The van der Waals surface area contributed by atoms with Crippen molar-refractivity contribution in [2.75, 3.05) is 11.1 Å². The molecular weight excluding hydrogens is 412 g/mol. The summed E-state index contributed by atoms with van der Waals surface area (Å²) in [6.45, 7) is 5.74. The molecule has 1 aromatic heterocycles. The number of carbonyl (C=O) groups excluding carboxylic acids is 2. The standard InChI is InChI=1S/C20H19F2N5O2S/c1-10-4-5-11(2)17(6-10)27-12(3)25-26-20(27)30-9-18(28)24-16-7-13(19(23)29)14(21)8-15(16)22/h4-8H,9H2,1-3H3,(H2,23,29)(H,24,28). The van der Waals surface area contributed by atoms with Crippen molar-refractivity contribution in [2.45, 2.75) is 25.9 Å². The molecule has 10 heteroatoms. The van der Waals surface area contributed by atoms with E-state index in [-0.39, 0.29) is 11.4 Å². The number of benzene rings is 2. The van der Waals surface area contributed by atoms with Gasteiger partial charge in [0.05, 0.1) is 22.7 Å². The number of anilines is 1. The molecule has 1 heterocycles. The fourth-order valence-electron chi connectivity index (χ4n) is 2.82. The van der Waals surface area contributed by atoms with Gasteiger partial charge in [0.15, 0.2) is 5.16 Å². The Labute approximate surface area is 175 Å². The number of aryl methyl sites for hydroxylation is 3. The molecular formula is C20H19F2N5O2S. The van der Waals surface area contributed by atoms with Crippen LogP contribution >= 0.6 is 11.8 Å². The van der Waals surface area contributed by atoms with E-state index in [9.17, 15) is 18.4 Å². The molecule has 0 saturated carbocycles. The molecule has 0 radical (unpaired) electrons. The average molecular weight is 431 g/mol. The van der Waals surface area contributed by atoms with E-state index in [1.54, 1.807) is 6.92 Å². The van der Waals surface area contributed by atoms with E-state index in [1.807, 2.05) is 36.6 Å². The third-order valence-electron chi connectivity index (χ3n) is 4.33. The summed E-state index contributed by atoms with van der Waals surface area (Å²) >= 11 is 1.11. The quantitative estimate of drug-likeness (QED) is 0.583. The first-order valence-corrected chi connectivity index (χ1v) is 9.87. The lowest BCUT2D eigenvalue weighted by molar-refractivity contribution is -0.113. The van der Waals surface area contributed by atoms with E-state index in [0.717, 1.165) is 34.6 Å². The van der Waals surface area contributed by atoms with E-state index >= 15 is 0 Å². The number of nitrogens with two attached hydrogens (primary N) is 1. The maximum atomic E-state index is 13.9. The molecule has 2 amide bonds. The van der Waals surface area contributed by atoms with Gasteiger partial charge in [0.1, 0.15) is 17.5 Å². The normalized spacial score (nSPS) is 10.8. The number of hydrogen-bond acceptors (Lipinski definition) is 5. The minimum atomic E-state index is -1.09. The predicted molar refractivity (Wildman–Crippen MR) is 110 cm³/mol. The van der Waals surface area contributed by atoms with Crippen LogP contribution in [0.25, 0.3) is 5.69 Å². The lowest BCUT2D eigenvalue weighted by atomic mass is 10.1. The largest absolute Gasteiger partial charge is 0.366 e. The van der Waals surface area contributed by atoms with Crippen molar-refractivity contribution in [1.29, 1.82) is 0 Å². The zero-order valence-electron chi connectivity index (χ0n) is 16.5. The molecule has 0 bridgehead atoms. The van der Waals surface area contributed by atoms with Gasteiger partial charge in [-0.15, -0.1) is 10.2 Å². The highest BCUT2D eigenvalue weighted by atomic mass is 32.2. The third kappa shape index (κ3) is 4.48. The third-order valence-corrected chi connectivity index (χ3v) is 5.26. The summed E-state index contributed by atoms with van der Waals surface area (Å²) in [5.41, 5.74) is 7.20. The topological polar surface area (TPSA) is 103 Å². The van der Waals surface area contributed by atoms with Crippen LogP contribution in [0.15, 0.2) is 35.5 Å². The number of rotatable bonds is 6. The van der Waals surface area contributed by atoms with Gasteiger partial charge in [-0.25, -0.2) is 8.78 Å². The minimum absolute atomic E-state index is 0.105. The Hall–Kier alpha value is -3.27. The van der Waals surface area contributed by atoms with Gasteiger partial charge in [0, 0.05) is 6.07 Å². The van der Waals surface area contributed by atoms with Crippen LogP contribution in [0.5, 0.6) is 0 Å². The fourth-order valence-corrected chi connectivity index (χ4v) is 3.61. The Morgan fingerprint density at radius 3 is 2.53 bits per heavy atom. The minimum Gasteiger partial charge on any atom is -0.366 e. The summed E-state index contributed by atoms with van der Waals surface area (Å²) in [5, 5.41) is 11.0. The maximum Gasteiger partial charge on any atom is 0.251 e. The number of halogens is 2. The Kier molecular flexibility index (Phi) is 6.16. The highest BCUT2D eigenvalue weighted by Crippen LogP contribution is 2.25. The zero-order valence-corrected chi connectivity index (χ0v) is 17.3. The Balaban J connectivity index is 1.78. The first-order valence-electron chi connectivity index (χ1n) is 8.88. The van der Waals surface area contributed by atoms with E-state index < -0.39 is 29.0 Å². The average Bonchev–Trinajstić information content (AvgIpc) is 3.04. The van der Waals surface area contributed by atoms with Gasteiger partial charge in [-0.2, -0.15) is 0 Å². The SMILES string of the molecule is Cc1ccc(C)c(-n2c(C)nnc2SCC(=O)Nc2cc(C(N)=O)c(F)cc2F)c1. The van der Waals surface area contributed by atoms with Crippen LogP contribution in [0.1, 0.15) is 27.3 Å². The van der Waals surface area contributed by atoms with E-state index in [4.69, 9.17) is 5.73 Å². The summed E-state index contributed by atoms with van der Waals surface area (Å²) in [7, 11) is 0. The number of primary amides is 1. The number of amides is 2. The first kappa shape index (κ1) is 21.4. The second kappa shape index (κ2) is 8.62. The van der Waals surface area contributed by atoms with Crippen molar-refractivity contribution in [3.63, 3.8) is 0 Å².